The number of pyridine rings is 2. The summed E-state index contributed by atoms with van der Waals surface area (Å²) < 4.78 is 18.2. The molecular weight excluding hydrogens is 337 g/mol. The maximum Gasteiger partial charge on any atom is 0.307 e. The highest BCUT2D eigenvalue weighted by Gasteiger charge is 2.15. The van der Waals surface area contributed by atoms with Gasteiger partial charge in [-0.25, -0.2) is 9.37 Å². The van der Waals surface area contributed by atoms with Crippen LogP contribution in [0.3, 0.4) is 0 Å². The number of hydrogen-bond acceptors (Lipinski definition) is 5. The number of nitrogens with zero attached hydrogens (tertiary/aromatic N) is 2. The molecule has 0 unspecified atom stereocenters. The lowest BCUT2D eigenvalue weighted by atomic mass is 10.1. The van der Waals surface area contributed by atoms with E-state index in [0.717, 1.165) is 0 Å². The van der Waals surface area contributed by atoms with Crippen LogP contribution in [0.2, 0.25) is 0 Å². The number of carbonyl (C=O) groups is 2. The van der Waals surface area contributed by atoms with Crippen molar-refractivity contribution in [1.82, 2.24) is 15.3 Å². The Kier molecular flexibility index (Phi) is 5.17. The van der Waals surface area contributed by atoms with Crippen LogP contribution in [0, 0.1) is 5.82 Å². The number of fused-ring (bicyclic) bond motifs is 1. The standard InChI is InChI=1S/C19H16FN3O3/c1-26-18(24)7-9-22-19(25)14-11-17(15-4-2-3-8-21-15)23-16-10-12(20)5-6-13(14)16/h2-6,8,10-11H,7,9H2,1H3,(H,22,25). The lowest BCUT2D eigenvalue weighted by Gasteiger charge is -2.10. The first-order chi connectivity index (χ1) is 12.6. The summed E-state index contributed by atoms with van der Waals surface area (Å²) in [4.78, 5) is 32.4. The summed E-state index contributed by atoms with van der Waals surface area (Å²) in [6, 6.07) is 11.0. The maximum absolute atomic E-state index is 13.6. The smallest absolute Gasteiger partial charge is 0.307 e. The van der Waals surface area contributed by atoms with Crippen molar-refractivity contribution in [3.05, 3.63) is 60.0 Å². The van der Waals surface area contributed by atoms with E-state index in [-0.39, 0.29) is 18.9 Å². The molecule has 2 heterocycles. The topological polar surface area (TPSA) is 81.2 Å². The highest BCUT2D eigenvalue weighted by atomic mass is 19.1. The third-order valence-corrected chi connectivity index (χ3v) is 3.79. The maximum atomic E-state index is 13.6. The molecule has 1 amide bonds. The molecule has 0 spiro atoms. The summed E-state index contributed by atoms with van der Waals surface area (Å²) in [5, 5.41) is 3.18. The first-order valence-corrected chi connectivity index (χ1v) is 7.95. The number of benzene rings is 1. The number of hydrogen-bond donors (Lipinski definition) is 1. The second kappa shape index (κ2) is 7.69. The van der Waals surface area contributed by atoms with Gasteiger partial charge in [0.1, 0.15) is 5.82 Å². The number of nitrogens with one attached hydrogen (secondary N) is 1. The number of esters is 1. The predicted octanol–water partition coefficient (Wildman–Crippen LogP) is 2.73. The van der Waals surface area contributed by atoms with Crippen molar-refractivity contribution in [3.8, 4) is 11.4 Å². The molecule has 0 bridgehead atoms. The molecule has 26 heavy (non-hydrogen) atoms. The minimum Gasteiger partial charge on any atom is -0.469 e. The van der Waals surface area contributed by atoms with Gasteiger partial charge in [-0.15, -0.1) is 0 Å². The monoisotopic (exact) mass is 353 g/mol. The Hall–Kier alpha value is -3.35. The lowest BCUT2D eigenvalue weighted by molar-refractivity contribution is -0.140. The molecule has 1 N–H and O–H groups in total. The number of ether oxygens (including phenoxy) is 1. The number of carbonyl (C=O) groups excluding carboxylic acids is 2. The summed E-state index contributed by atoms with van der Waals surface area (Å²) in [6.45, 7) is 0.134. The molecule has 0 saturated carbocycles. The molecule has 0 atom stereocenters. The van der Waals surface area contributed by atoms with Crippen LogP contribution in [0.4, 0.5) is 4.39 Å². The van der Waals surface area contributed by atoms with Crippen LogP contribution in [-0.4, -0.2) is 35.5 Å². The van der Waals surface area contributed by atoms with E-state index in [1.807, 2.05) is 0 Å². The molecule has 0 saturated heterocycles. The number of aromatic nitrogens is 2. The third-order valence-electron chi connectivity index (χ3n) is 3.79. The molecule has 7 heteroatoms. The normalized spacial score (nSPS) is 10.5. The summed E-state index contributed by atoms with van der Waals surface area (Å²) in [5.41, 5.74) is 1.72. The number of halogens is 1. The molecule has 0 aliphatic rings. The summed E-state index contributed by atoms with van der Waals surface area (Å²) in [6.07, 6.45) is 1.68. The Bertz CT molecular complexity index is 961. The van der Waals surface area contributed by atoms with Crippen molar-refractivity contribution in [2.45, 2.75) is 6.42 Å². The average Bonchev–Trinajstić information content (AvgIpc) is 2.67. The molecule has 1 aromatic carbocycles. The fraction of sp³-hybridized carbons (Fsp3) is 0.158. The van der Waals surface area contributed by atoms with E-state index in [4.69, 9.17) is 0 Å². The van der Waals surface area contributed by atoms with Gasteiger partial charge in [0.25, 0.3) is 5.91 Å². The zero-order chi connectivity index (χ0) is 18.5. The van der Waals surface area contributed by atoms with Gasteiger partial charge in [0.15, 0.2) is 0 Å². The van der Waals surface area contributed by atoms with E-state index in [2.05, 4.69) is 20.0 Å². The highest BCUT2D eigenvalue weighted by Crippen LogP contribution is 2.24. The van der Waals surface area contributed by atoms with Crippen molar-refractivity contribution < 1.29 is 18.7 Å². The van der Waals surface area contributed by atoms with Crippen molar-refractivity contribution in [3.63, 3.8) is 0 Å². The summed E-state index contributed by atoms with van der Waals surface area (Å²) in [7, 11) is 1.29. The molecular formula is C19H16FN3O3. The Labute approximate surface area is 149 Å². The van der Waals surface area contributed by atoms with Gasteiger partial charge in [0, 0.05) is 24.2 Å². The third kappa shape index (κ3) is 3.83. The van der Waals surface area contributed by atoms with Crippen LogP contribution >= 0.6 is 0 Å². The first kappa shape index (κ1) is 17.5. The molecule has 0 aliphatic carbocycles. The predicted molar refractivity (Wildman–Crippen MR) is 93.9 cm³/mol. The Morgan fingerprint density at radius 1 is 1.15 bits per heavy atom. The molecule has 0 radical (unpaired) electrons. The average molecular weight is 353 g/mol. The molecule has 2 aromatic heterocycles. The van der Waals surface area contributed by atoms with Gasteiger partial charge in [-0.1, -0.05) is 6.07 Å². The van der Waals surface area contributed by atoms with Gasteiger partial charge >= 0.3 is 5.97 Å². The minimum atomic E-state index is -0.444. The molecule has 132 valence electrons. The zero-order valence-corrected chi connectivity index (χ0v) is 14.0. The Morgan fingerprint density at radius 2 is 2.00 bits per heavy atom. The number of methoxy groups -OCH3 is 1. The van der Waals surface area contributed by atoms with Crippen LogP contribution in [0.1, 0.15) is 16.8 Å². The van der Waals surface area contributed by atoms with Crippen molar-refractivity contribution >= 4 is 22.8 Å². The highest BCUT2D eigenvalue weighted by molar-refractivity contribution is 6.07. The SMILES string of the molecule is COC(=O)CCNC(=O)c1cc(-c2ccccn2)nc2cc(F)ccc12. The molecule has 0 fully saturated rings. The number of amides is 1. The van der Waals surface area contributed by atoms with Gasteiger partial charge in [-0.3, -0.25) is 14.6 Å². The van der Waals surface area contributed by atoms with Gasteiger partial charge < -0.3 is 10.1 Å². The van der Waals surface area contributed by atoms with Crippen molar-refractivity contribution in [2.24, 2.45) is 0 Å². The van der Waals surface area contributed by atoms with Crippen molar-refractivity contribution in [2.75, 3.05) is 13.7 Å². The second-order valence-corrected chi connectivity index (χ2v) is 5.51. The Balaban J connectivity index is 1.99. The summed E-state index contributed by atoms with van der Waals surface area (Å²) >= 11 is 0. The van der Waals surface area contributed by atoms with E-state index in [1.54, 1.807) is 30.5 Å². The second-order valence-electron chi connectivity index (χ2n) is 5.51. The van der Waals surface area contributed by atoms with Crippen LogP contribution in [0.25, 0.3) is 22.3 Å². The quantitative estimate of drug-likeness (QED) is 0.713. The van der Waals surface area contributed by atoms with Gasteiger partial charge in [0.05, 0.1) is 36.0 Å². The van der Waals surface area contributed by atoms with Crippen LogP contribution in [-0.2, 0) is 9.53 Å². The number of rotatable bonds is 5. The fourth-order valence-electron chi connectivity index (χ4n) is 2.51. The van der Waals surface area contributed by atoms with Crippen LogP contribution < -0.4 is 5.32 Å². The van der Waals surface area contributed by atoms with E-state index in [9.17, 15) is 14.0 Å². The largest absolute Gasteiger partial charge is 0.469 e. The summed E-state index contributed by atoms with van der Waals surface area (Å²) in [5.74, 6) is -1.24. The molecule has 0 aliphatic heterocycles. The van der Waals surface area contributed by atoms with Crippen LogP contribution in [0.15, 0.2) is 48.7 Å². The molecule has 6 nitrogen and oxygen atoms in total. The lowest BCUT2D eigenvalue weighted by Crippen LogP contribution is -2.26. The van der Waals surface area contributed by atoms with Crippen molar-refractivity contribution in [1.29, 1.82) is 0 Å². The van der Waals surface area contributed by atoms with E-state index in [1.165, 1.54) is 25.3 Å². The minimum absolute atomic E-state index is 0.0625. The Morgan fingerprint density at radius 3 is 2.73 bits per heavy atom. The van der Waals surface area contributed by atoms with Crippen LogP contribution in [0.5, 0.6) is 0 Å². The van der Waals surface area contributed by atoms with E-state index in [0.29, 0.717) is 27.9 Å². The van der Waals surface area contributed by atoms with Gasteiger partial charge in [-0.2, -0.15) is 0 Å². The first-order valence-electron chi connectivity index (χ1n) is 7.95. The zero-order valence-electron chi connectivity index (χ0n) is 14.0. The van der Waals surface area contributed by atoms with Gasteiger partial charge in [0.2, 0.25) is 0 Å². The van der Waals surface area contributed by atoms with E-state index < -0.39 is 11.8 Å². The molecule has 3 rings (SSSR count). The van der Waals surface area contributed by atoms with E-state index >= 15 is 0 Å². The fourth-order valence-corrected chi connectivity index (χ4v) is 2.51. The molecule has 3 aromatic rings. The van der Waals surface area contributed by atoms with Gasteiger partial charge in [-0.05, 0) is 30.3 Å².